The van der Waals surface area contributed by atoms with Gasteiger partial charge in [-0.05, 0) is 50.2 Å². The Labute approximate surface area is 117 Å². The summed E-state index contributed by atoms with van der Waals surface area (Å²) in [6, 6.07) is 14.6. The quantitative estimate of drug-likeness (QED) is 0.902. The van der Waals surface area contributed by atoms with E-state index < -0.39 is 12.1 Å². The van der Waals surface area contributed by atoms with Crippen LogP contribution in [0.4, 0.5) is 0 Å². The maximum atomic E-state index is 10.7. The minimum absolute atomic E-state index is 0.496. The predicted octanol–water partition coefficient (Wildman–Crippen LogP) is 3.64. The summed E-state index contributed by atoms with van der Waals surface area (Å²) in [6.45, 7) is 3.50. The topological polar surface area (TPSA) is 55.8 Å². The van der Waals surface area contributed by atoms with Crippen LogP contribution in [-0.4, -0.2) is 17.2 Å². The first-order valence-corrected chi connectivity index (χ1v) is 6.28. The lowest BCUT2D eigenvalue weighted by Crippen LogP contribution is -2.22. The van der Waals surface area contributed by atoms with E-state index in [0.29, 0.717) is 11.5 Å². The molecule has 4 nitrogen and oxygen atoms in total. The molecular formula is C16H16O4. The Hall–Kier alpha value is -2.49. The zero-order chi connectivity index (χ0) is 14.5. The highest BCUT2D eigenvalue weighted by atomic mass is 16.5. The van der Waals surface area contributed by atoms with E-state index in [1.54, 1.807) is 24.3 Å². The van der Waals surface area contributed by atoms with E-state index in [1.807, 2.05) is 31.2 Å². The van der Waals surface area contributed by atoms with Crippen molar-refractivity contribution in [2.75, 3.05) is 0 Å². The summed E-state index contributed by atoms with van der Waals surface area (Å²) in [4.78, 5) is 10.7. The van der Waals surface area contributed by atoms with Gasteiger partial charge in [-0.1, -0.05) is 17.7 Å². The molecule has 0 saturated carbocycles. The maximum Gasteiger partial charge on any atom is 0.344 e. The summed E-state index contributed by atoms with van der Waals surface area (Å²) in [5, 5.41) is 8.77. The summed E-state index contributed by atoms with van der Waals surface area (Å²) in [6.07, 6.45) is -0.876. The largest absolute Gasteiger partial charge is 0.479 e. The van der Waals surface area contributed by atoms with Gasteiger partial charge < -0.3 is 14.6 Å². The Morgan fingerprint density at radius 3 is 1.90 bits per heavy atom. The van der Waals surface area contributed by atoms with Gasteiger partial charge in [-0.25, -0.2) is 4.79 Å². The number of aryl methyl sites for hydroxylation is 1. The zero-order valence-corrected chi connectivity index (χ0v) is 11.4. The Morgan fingerprint density at radius 2 is 1.40 bits per heavy atom. The van der Waals surface area contributed by atoms with Gasteiger partial charge in [-0.3, -0.25) is 0 Å². The van der Waals surface area contributed by atoms with E-state index in [4.69, 9.17) is 14.6 Å². The zero-order valence-electron chi connectivity index (χ0n) is 11.4. The number of benzene rings is 2. The second kappa shape index (κ2) is 6.10. The molecule has 1 N–H and O–H groups in total. The number of rotatable bonds is 5. The van der Waals surface area contributed by atoms with Crippen molar-refractivity contribution in [1.29, 1.82) is 0 Å². The summed E-state index contributed by atoms with van der Waals surface area (Å²) >= 11 is 0. The molecule has 0 saturated heterocycles. The Morgan fingerprint density at radius 1 is 0.950 bits per heavy atom. The first kappa shape index (κ1) is 13.9. The maximum absolute atomic E-state index is 10.7. The van der Waals surface area contributed by atoms with Gasteiger partial charge in [0.1, 0.15) is 17.2 Å². The Bertz CT molecular complexity index is 572. The fourth-order valence-corrected chi connectivity index (χ4v) is 1.58. The lowest BCUT2D eigenvalue weighted by molar-refractivity contribution is -0.144. The summed E-state index contributed by atoms with van der Waals surface area (Å²) in [7, 11) is 0. The molecule has 0 spiro atoms. The van der Waals surface area contributed by atoms with Crippen LogP contribution in [0.5, 0.6) is 17.2 Å². The van der Waals surface area contributed by atoms with E-state index in [-0.39, 0.29) is 0 Å². The molecule has 0 bridgehead atoms. The molecule has 0 fully saturated rings. The average molecular weight is 272 g/mol. The number of aliphatic carboxylic acids is 1. The van der Waals surface area contributed by atoms with E-state index in [2.05, 4.69) is 0 Å². The molecule has 0 aliphatic carbocycles. The van der Waals surface area contributed by atoms with Crippen molar-refractivity contribution in [2.24, 2.45) is 0 Å². The molecule has 0 radical (unpaired) electrons. The molecule has 2 aromatic carbocycles. The van der Waals surface area contributed by atoms with Crippen molar-refractivity contribution < 1.29 is 19.4 Å². The average Bonchev–Trinajstić information content (AvgIpc) is 2.43. The monoisotopic (exact) mass is 272 g/mol. The van der Waals surface area contributed by atoms with Crippen LogP contribution >= 0.6 is 0 Å². The SMILES string of the molecule is Cc1ccc(Oc2ccc(O[C@H](C)C(=O)O)cc2)cc1. The smallest absolute Gasteiger partial charge is 0.344 e. The first-order valence-electron chi connectivity index (χ1n) is 6.28. The fraction of sp³-hybridized carbons (Fsp3) is 0.188. The van der Waals surface area contributed by atoms with Crippen molar-refractivity contribution in [3.05, 3.63) is 54.1 Å². The molecule has 0 aliphatic rings. The number of carbonyl (C=O) groups is 1. The highest BCUT2D eigenvalue weighted by Gasteiger charge is 2.12. The molecular weight excluding hydrogens is 256 g/mol. The normalized spacial score (nSPS) is 11.7. The molecule has 2 aromatic rings. The minimum atomic E-state index is -0.995. The molecule has 0 heterocycles. The van der Waals surface area contributed by atoms with Crippen LogP contribution in [0.1, 0.15) is 12.5 Å². The van der Waals surface area contributed by atoms with Gasteiger partial charge in [0.25, 0.3) is 0 Å². The summed E-state index contributed by atoms with van der Waals surface area (Å²) in [5.41, 5.74) is 1.17. The van der Waals surface area contributed by atoms with Gasteiger partial charge in [0.15, 0.2) is 6.10 Å². The van der Waals surface area contributed by atoms with E-state index in [0.717, 1.165) is 5.75 Å². The predicted molar refractivity (Wildman–Crippen MR) is 75.4 cm³/mol. The lowest BCUT2D eigenvalue weighted by Gasteiger charge is -2.11. The molecule has 0 aromatic heterocycles. The Kier molecular flexibility index (Phi) is 4.25. The van der Waals surface area contributed by atoms with Gasteiger partial charge in [0.2, 0.25) is 0 Å². The van der Waals surface area contributed by atoms with Crippen LogP contribution in [0, 0.1) is 6.92 Å². The van der Waals surface area contributed by atoms with Crippen LogP contribution in [0.15, 0.2) is 48.5 Å². The van der Waals surface area contributed by atoms with Crippen molar-refractivity contribution in [2.45, 2.75) is 20.0 Å². The van der Waals surface area contributed by atoms with Crippen molar-refractivity contribution in [3.63, 3.8) is 0 Å². The van der Waals surface area contributed by atoms with Gasteiger partial charge in [0.05, 0.1) is 0 Å². The molecule has 0 unspecified atom stereocenters. The van der Waals surface area contributed by atoms with Crippen LogP contribution in [0.25, 0.3) is 0 Å². The second-order valence-corrected chi connectivity index (χ2v) is 4.48. The van der Waals surface area contributed by atoms with Gasteiger partial charge in [-0.2, -0.15) is 0 Å². The van der Waals surface area contributed by atoms with Crippen LogP contribution in [-0.2, 0) is 4.79 Å². The van der Waals surface area contributed by atoms with Crippen molar-refractivity contribution >= 4 is 5.97 Å². The third kappa shape index (κ3) is 3.75. The number of carboxylic acid groups (broad SMARTS) is 1. The molecule has 0 amide bonds. The fourth-order valence-electron chi connectivity index (χ4n) is 1.58. The molecule has 0 aliphatic heterocycles. The second-order valence-electron chi connectivity index (χ2n) is 4.48. The number of hydrogen-bond acceptors (Lipinski definition) is 3. The summed E-state index contributed by atoms with van der Waals surface area (Å²) in [5.74, 6) is 0.925. The number of ether oxygens (including phenoxy) is 2. The molecule has 4 heteroatoms. The molecule has 20 heavy (non-hydrogen) atoms. The number of carboxylic acids is 1. The van der Waals surface area contributed by atoms with Crippen LogP contribution < -0.4 is 9.47 Å². The molecule has 2 rings (SSSR count). The minimum Gasteiger partial charge on any atom is -0.479 e. The van der Waals surface area contributed by atoms with E-state index in [1.165, 1.54) is 12.5 Å². The van der Waals surface area contributed by atoms with Gasteiger partial charge in [0, 0.05) is 0 Å². The van der Waals surface area contributed by atoms with Gasteiger partial charge in [-0.15, -0.1) is 0 Å². The Balaban J connectivity index is 2.01. The standard InChI is InChI=1S/C16H16O4/c1-11-3-5-14(6-4-11)20-15-9-7-13(8-10-15)19-12(2)16(17)18/h3-10,12H,1-2H3,(H,17,18)/t12-/m1/s1. The lowest BCUT2D eigenvalue weighted by atomic mass is 10.2. The van der Waals surface area contributed by atoms with Crippen molar-refractivity contribution in [3.8, 4) is 17.2 Å². The van der Waals surface area contributed by atoms with Crippen LogP contribution in [0.2, 0.25) is 0 Å². The molecule has 1 atom stereocenters. The third-order valence-electron chi connectivity index (χ3n) is 2.74. The van der Waals surface area contributed by atoms with Gasteiger partial charge >= 0.3 is 5.97 Å². The van der Waals surface area contributed by atoms with E-state index >= 15 is 0 Å². The van der Waals surface area contributed by atoms with Crippen molar-refractivity contribution in [1.82, 2.24) is 0 Å². The first-order chi connectivity index (χ1) is 9.54. The highest BCUT2D eigenvalue weighted by Crippen LogP contribution is 2.24. The highest BCUT2D eigenvalue weighted by molar-refractivity contribution is 5.72. The van der Waals surface area contributed by atoms with E-state index in [9.17, 15) is 4.79 Å². The third-order valence-corrected chi connectivity index (χ3v) is 2.74. The number of hydrogen-bond donors (Lipinski definition) is 1. The van der Waals surface area contributed by atoms with Crippen LogP contribution in [0.3, 0.4) is 0 Å². The molecule has 104 valence electrons. The summed E-state index contributed by atoms with van der Waals surface area (Å²) < 4.78 is 10.9.